The molecule has 0 saturated heterocycles. The Kier molecular flexibility index (Phi) is 8.17. The molecule has 1 heterocycles. The van der Waals surface area contributed by atoms with Gasteiger partial charge < -0.3 is 24.9 Å². The lowest BCUT2D eigenvalue weighted by atomic mass is 10.0. The van der Waals surface area contributed by atoms with Gasteiger partial charge in [-0.1, -0.05) is 24.3 Å². The van der Waals surface area contributed by atoms with E-state index >= 15 is 0 Å². The quantitative estimate of drug-likeness (QED) is 0.176. The van der Waals surface area contributed by atoms with Gasteiger partial charge in [-0.25, -0.2) is 5.48 Å². The summed E-state index contributed by atoms with van der Waals surface area (Å²) in [4.78, 5) is 36.9. The zero-order valence-electron chi connectivity index (χ0n) is 17.5. The Morgan fingerprint density at radius 2 is 1.61 bits per heavy atom. The van der Waals surface area contributed by atoms with Crippen molar-refractivity contribution in [3.05, 3.63) is 78.3 Å². The van der Waals surface area contributed by atoms with Gasteiger partial charge in [0, 0.05) is 5.56 Å². The van der Waals surface area contributed by atoms with Gasteiger partial charge in [-0.2, -0.15) is 0 Å². The molecule has 0 spiro atoms. The van der Waals surface area contributed by atoms with Crippen LogP contribution in [0.5, 0.6) is 5.75 Å². The van der Waals surface area contributed by atoms with Crippen molar-refractivity contribution in [2.45, 2.75) is 12.6 Å². The van der Waals surface area contributed by atoms with Gasteiger partial charge in [0.2, 0.25) is 0 Å². The summed E-state index contributed by atoms with van der Waals surface area (Å²) in [6, 6.07) is 15.4. The molecule has 0 radical (unpaired) electrons. The fourth-order valence-electron chi connectivity index (χ4n) is 2.94. The number of ether oxygens (including phenoxy) is 1. The maximum Gasteiger partial charge on any atom is 0.275 e. The van der Waals surface area contributed by atoms with Crippen molar-refractivity contribution in [1.82, 2.24) is 16.1 Å². The number of aliphatic hydroxyl groups is 1. The molecule has 0 aliphatic rings. The second-order valence-electron chi connectivity index (χ2n) is 6.85. The molecule has 0 fully saturated rings. The summed E-state index contributed by atoms with van der Waals surface area (Å²) in [5, 5.41) is 22.5. The van der Waals surface area contributed by atoms with E-state index in [1.54, 1.807) is 48.5 Å². The van der Waals surface area contributed by atoms with Crippen molar-refractivity contribution in [3.63, 3.8) is 0 Å². The average molecular weight is 453 g/mol. The van der Waals surface area contributed by atoms with Crippen LogP contribution in [0.1, 0.15) is 16.1 Å². The van der Waals surface area contributed by atoms with Crippen LogP contribution in [-0.4, -0.2) is 47.3 Å². The van der Waals surface area contributed by atoms with E-state index in [1.165, 1.54) is 11.7 Å². The molecule has 3 aromatic rings. The molecule has 5 N–H and O–H groups in total. The topological polar surface area (TPSA) is 150 Å². The van der Waals surface area contributed by atoms with E-state index in [0.29, 0.717) is 11.5 Å². The second kappa shape index (κ2) is 11.5. The summed E-state index contributed by atoms with van der Waals surface area (Å²) < 4.78 is 10.4. The minimum Gasteiger partial charge on any atom is -0.491 e. The molecule has 0 aliphatic carbocycles. The number of hydrogen-bond acceptors (Lipinski definition) is 7. The van der Waals surface area contributed by atoms with Gasteiger partial charge in [0.1, 0.15) is 18.1 Å². The highest BCUT2D eigenvalue weighted by atomic mass is 16.5. The van der Waals surface area contributed by atoms with Gasteiger partial charge >= 0.3 is 0 Å². The van der Waals surface area contributed by atoms with Crippen LogP contribution in [0.4, 0.5) is 0 Å². The molecule has 33 heavy (non-hydrogen) atoms. The van der Waals surface area contributed by atoms with E-state index in [9.17, 15) is 14.4 Å². The summed E-state index contributed by atoms with van der Waals surface area (Å²) in [7, 11) is 0. The summed E-state index contributed by atoms with van der Waals surface area (Å²) in [5.74, 6) is -1.48. The fraction of sp³-hybridized carbons (Fsp3) is 0.174. The van der Waals surface area contributed by atoms with E-state index in [-0.39, 0.29) is 25.3 Å². The number of nitrogens with one attached hydrogen (secondary N) is 3. The zero-order chi connectivity index (χ0) is 23.6. The van der Waals surface area contributed by atoms with Crippen LogP contribution in [0.25, 0.3) is 11.1 Å². The van der Waals surface area contributed by atoms with E-state index in [1.807, 2.05) is 12.1 Å². The average Bonchev–Trinajstić information content (AvgIpc) is 3.38. The van der Waals surface area contributed by atoms with Crippen molar-refractivity contribution in [1.29, 1.82) is 0 Å². The molecule has 3 rings (SSSR count). The Morgan fingerprint density at radius 3 is 2.18 bits per heavy atom. The molecular weight excluding hydrogens is 430 g/mol. The third kappa shape index (κ3) is 6.42. The lowest BCUT2D eigenvalue weighted by Gasteiger charge is -2.16. The molecular formula is C23H23N3O7. The number of amides is 3. The summed E-state index contributed by atoms with van der Waals surface area (Å²) >= 11 is 0. The third-order valence-corrected chi connectivity index (χ3v) is 4.62. The lowest BCUT2D eigenvalue weighted by Crippen LogP contribution is -2.54. The Balaban J connectivity index is 1.64. The molecule has 0 saturated carbocycles. The Hall–Kier alpha value is -4.15. The van der Waals surface area contributed by atoms with Gasteiger partial charge in [-0.3, -0.25) is 19.6 Å². The van der Waals surface area contributed by atoms with E-state index in [0.717, 1.165) is 11.1 Å². The van der Waals surface area contributed by atoms with Gasteiger partial charge in [-0.15, -0.1) is 0 Å². The number of carbonyl (C=O) groups excluding carboxylic acids is 3. The number of carbonyl (C=O) groups is 3. The first-order chi connectivity index (χ1) is 16.0. The zero-order valence-corrected chi connectivity index (χ0v) is 17.5. The number of hydroxylamine groups is 1. The van der Waals surface area contributed by atoms with Crippen LogP contribution in [0.3, 0.4) is 0 Å². The van der Waals surface area contributed by atoms with Crippen LogP contribution >= 0.6 is 0 Å². The second-order valence-corrected chi connectivity index (χ2v) is 6.85. The SMILES string of the molecule is O=C(NC(C(=O)NO)C(=O)NCc1ccco1)c1ccc(-c2ccc(OCCO)cc2)cc1. The molecule has 1 atom stereocenters. The van der Waals surface area contributed by atoms with E-state index in [4.69, 9.17) is 19.5 Å². The fourth-order valence-corrected chi connectivity index (χ4v) is 2.94. The van der Waals surface area contributed by atoms with Crippen molar-refractivity contribution in [3.8, 4) is 16.9 Å². The maximum atomic E-state index is 12.6. The largest absolute Gasteiger partial charge is 0.491 e. The maximum absolute atomic E-state index is 12.6. The van der Waals surface area contributed by atoms with Crippen LogP contribution in [-0.2, 0) is 16.1 Å². The molecule has 1 aromatic heterocycles. The highest BCUT2D eigenvalue weighted by Gasteiger charge is 2.28. The standard InChI is InChI=1S/C23H23N3O7/c27-11-13-33-18-9-7-16(8-10-18)15-3-5-17(6-4-15)21(28)25-20(23(30)26-31)22(29)24-14-19-2-1-12-32-19/h1-10,12,20,27,31H,11,13-14H2,(H,24,29)(H,25,28)(H,26,30). The number of furan rings is 1. The predicted molar refractivity (Wildman–Crippen MR) is 116 cm³/mol. The van der Waals surface area contributed by atoms with Gasteiger partial charge in [0.05, 0.1) is 19.4 Å². The minimum absolute atomic E-state index is 0.00936. The normalized spacial score (nSPS) is 11.3. The molecule has 1 unspecified atom stereocenters. The number of aliphatic hydroxyl groups excluding tert-OH is 1. The van der Waals surface area contributed by atoms with Crippen molar-refractivity contribution >= 4 is 17.7 Å². The minimum atomic E-state index is -1.65. The van der Waals surface area contributed by atoms with Crippen molar-refractivity contribution < 1.29 is 33.9 Å². The highest BCUT2D eigenvalue weighted by molar-refractivity contribution is 6.08. The first-order valence-corrected chi connectivity index (χ1v) is 10.0. The molecule has 2 aromatic carbocycles. The van der Waals surface area contributed by atoms with Crippen LogP contribution in [0.2, 0.25) is 0 Å². The Labute approximate surface area is 189 Å². The van der Waals surface area contributed by atoms with E-state index in [2.05, 4.69) is 10.6 Å². The first kappa shape index (κ1) is 23.5. The van der Waals surface area contributed by atoms with Gasteiger partial charge in [-0.05, 0) is 47.5 Å². The highest BCUT2D eigenvalue weighted by Crippen LogP contribution is 2.23. The number of rotatable bonds is 10. The molecule has 0 bridgehead atoms. The third-order valence-electron chi connectivity index (χ3n) is 4.62. The van der Waals surface area contributed by atoms with Gasteiger partial charge in [0.25, 0.3) is 17.7 Å². The van der Waals surface area contributed by atoms with Crippen LogP contribution in [0.15, 0.2) is 71.3 Å². The lowest BCUT2D eigenvalue weighted by molar-refractivity contribution is -0.137. The molecule has 10 heteroatoms. The van der Waals surface area contributed by atoms with Crippen molar-refractivity contribution in [2.75, 3.05) is 13.2 Å². The Bertz CT molecular complexity index is 1060. The number of hydrogen-bond donors (Lipinski definition) is 5. The van der Waals surface area contributed by atoms with E-state index < -0.39 is 23.8 Å². The monoisotopic (exact) mass is 453 g/mol. The molecule has 10 nitrogen and oxygen atoms in total. The van der Waals surface area contributed by atoms with Crippen LogP contribution < -0.4 is 20.9 Å². The first-order valence-electron chi connectivity index (χ1n) is 10.0. The Morgan fingerprint density at radius 1 is 0.939 bits per heavy atom. The van der Waals surface area contributed by atoms with Crippen molar-refractivity contribution in [2.24, 2.45) is 0 Å². The summed E-state index contributed by atoms with van der Waals surface area (Å²) in [6.07, 6.45) is 1.43. The summed E-state index contributed by atoms with van der Waals surface area (Å²) in [5.41, 5.74) is 3.32. The number of benzene rings is 2. The van der Waals surface area contributed by atoms with Crippen LogP contribution in [0, 0.1) is 0 Å². The smallest absolute Gasteiger partial charge is 0.275 e. The molecule has 3 amide bonds. The molecule has 0 aliphatic heterocycles. The van der Waals surface area contributed by atoms with Gasteiger partial charge in [0.15, 0.2) is 6.04 Å². The summed E-state index contributed by atoms with van der Waals surface area (Å²) in [6.45, 7) is 0.145. The predicted octanol–water partition coefficient (Wildman–Crippen LogP) is 1.24. The molecule has 172 valence electrons.